The van der Waals surface area contributed by atoms with Gasteiger partial charge in [-0.25, -0.2) is 9.36 Å². The molecule has 0 bridgehead atoms. The number of nitrogens with one attached hydrogen (secondary N) is 1. The zero-order valence-corrected chi connectivity index (χ0v) is 19.0. The van der Waals surface area contributed by atoms with E-state index in [0.29, 0.717) is 21.6 Å². The van der Waals surface area contributed by atoms with Gasteiger partial charge in [-0.3, -0.25) is 4.79 Å². The summed E-state index contributed by atoms with van der Waals surface area (Å²) in [7, 11) is 0. The van der Waals surface area contributed by atoms with Gasteiger partial charge in [0.05, 0.1) is 29.0 Å². The smallest absolute Gasteiger partial charge is 0.306 e. The number of benzene rings is 4. The summed E-state index contributed by atoms with van der Waals surface area (Å²) in [6.07, 6.45) is 3.29. The molecule has 7 heteroatoms. The lowest BCUT2D eigenvalue weighted by Gasteiger charge is -2.13. The molecule has 0 aliphatic rings. The quantitative estimate of drug-likeness (QED) is 0.360. The van der Waals surface area contributed by atoms with E-state index in [9.17, 15) is 9.59 Å². The van der Waals surface area contributed by atoms with Crippen molar-refractivity contribution in [1.82, 2.24) is 19.7 Å². The van der Waals surface area contributed by atoms with Crippen LogP contribution in [0.5, 0.6) is 0 Å². The Balaban J connectivity index is 1.57. The van der Waals surface area contributed by atoms with Crippen LogP contribution < -0.4 is 11.2 Å². The van der Waals surface area contributed by atoms with Crippen molar-refractivity contribution in [3.63, 3.8) is 0 Å². The van der Waals surface area contributed by atoms with E-state index in [4.69, 9.17) is 11.6 Å². The fourth-order valence-electron chi connectivity index (χ4n) is 4.50. The predicted molar refractivity (Wildman–Crippen MR) is 139 cm³/mol. The highest BCUT2D eigenvalue weighted by atomic mass is 35.5. The number of rotatable bonds is 3. The molecule has 168 valence electrons. The number of aromatic nitrogens is 4. The molecule has 4 aromatic carbocycles. The van der Waals surface area contributed by atoms with E-state index in [1.54, 1.807) is 36.7 Å². The van der Waals surface area contributed by atoms with Crippen LogP contribution in [0, 0.1) is 0 Å². The fraction of sp³-hybridized carbons (Fsp3) is 0. The highest BCUT2D eigenvalue weighted by Gasteiger charge is 2.16. The monoisotopic (exact) mass is 476 g/mol. The maximum atomic E-state index is 13.5. The third-order valence-corrected chi connectivity index (χ3v) is 6.42. The summed E-state index contributed by atoms with van der Waals surface area (Å²) in [5, 5.41) is 10.5. The molecule has 0 aliphatic carbocycles. The lowest BCUT2D eigenvalue weighted by atomic mass is 9.95. The molecular weight excluding hydrogens is 460 g/mol. The first kappa shape index (κ1) is 21.0. The molecule has 0 amide bonds. The van der Waals surface area contributed by atoms with Crippen LogP contribution in [-0.4, -0.2) is 19.7 Å². The third kappa shape index (κ3) is 3.52. The van der Waals surface area contributed by atoms with Gasteiger partial charge in [0.1, 0.15) is 0 Å². The van der Waals surface area contributed by atoms with Crippen LogP contribution in [0.2, 0.25) is 5.02 Å². The number of hydrogen-bond donors (Lipinski definition) is 1. The van der Waals surface area contributed by atoms with Gasteiger partial charge in [0.15, 0.2) is 0 Å². The molecule has 6 nitrogen and oxygen atoms in total. The molecule has 0 atom stereocenters. The summed E-state index contributed by atoms with van der Waals surface area (Å²) < 4.78 is 1.19. The maximum Gasteiger partial charge on any atom is 0.333 e. The van der Waals surface area contributed by atoms with Crippen LogP contribution in [0.3, 0.4) is 0 Å². The predicted octanol–water partition coefficient (Wildman–Crippen LogP) is 5.61. The number of hydrogen-bond acceptors (Lipinski definition) is 4. The highest BCUT2D eigenvalue weighted by molar-refractivity contribution is 6.34. The SMILES string of the molecule is O=c1[nH]c2cc(-c3c(Cl)cccc3-c3ccnnc3)ccc2c(=O)n1-c1cccc2ccccc12. The topological polar surface area (TPSA) is 80.6 Å². The Kier molecular flexibility index (Phi) is 5.01. The molecule has 6 aromatic rings. The number of aromatic amines is 1. The Hall–Kier alpha value is -4.55. The lowest BCUT2D eigenvalue weighted by Crippen LogP contribution is -2.33. The van der Waals surface area contributed by atoms with E-state index in [-0.39, 0.29) is 5.56 Å². The minimum absolute atomic E-state index is 0.385. The molecule has 35 heavy (non-hydrogen) atoms. The average molecular weight is 477 g/mol. The van der Waals surface area contributed by atoms with Gasteiger partial charge in [-0.2, -0.15) is 10.2 Å². The Morgan fingerprint density at radius 3 is 2.46 bits per heavy atom. The Bertz CT molecular complexity index is 1850. The molecular formula is C28H17ClN4O2. The highest BCUT2D eigenvalue weighted by Crippen LogP contribution is 2.37. The number of nitrogens with zero attached hydrogens (tertiary/aromatic N) is 3. The Morgan fingerprint density at radius 1 is 0.771 bits per heavy atom. The first-order valence-electron chi connectivity index (χ1n) is 10.9. The molecule has 0 aliphatic heterocycles. The van der Waals surface area contributed by atoms with Gasteiger partial charge >= 0.3 is 5.69 Å². The normalized spacial score (nSPS) is 11.2. The molecule has 0 unspecified atom stereocenters. The molecule has 1 N–H and O–H groups in total. The summed E-state index contributed by atoms with van der Waals surface area (Å²) in [4.78, 5) is 29.6. The van der Waals surface area contributed by atoms with E-state index in [1.165, 1.54) is 4.57 Å². The van der Waals surface area contributed by atoms with Gasteiger partial charge in [-0.05, 0) is 46.8 Å². The van der Waals surface area contributed by atoms with Gasteiger partial charge in [0.25, 0.3) is 5.56 Å². The van der Waals surface area contributed by atoms with Gasteiger partial charge in [-0.1, -0.05) is 66.2 Å². The summed E-state index contributed by atoms with van der Waals surface area (Å²) in [5.41, 5.74) is 3.37. The largest absolute Gasteiger partial charge is 0.333 e. The van der Waals surface area contributed by atoms with Gasteiger partial charge in [-0.15, -0.1) is 0 Å². The van der Waals surface area contributed by atoms with Gasteiger partial charge in [0, 0.05) is 21.5 Å². The van der Waals surface area contributed by atoms with Crippen molar-refractivity contribution in [3.8, 4) is 27.9 Å². The average Bonchev–Trinajstić information content (AvgIpc) is 2.89. The van der Waals surface area contributed by atoms with Crippen LogP contribution in [0.25, 0.3) is 49.6 Å². The molecule has 0 spiro atoms. The number of H-pyrrole nitrogens is 1. The zero-order chi connectivity index (χ0) is 23.9. The number of fused-ring (bicyclic) bond motifs is 2. The van der Waals surface area contributed by atoms with Crippen molar-refractivity contribution in [2.24, 2.45) is 0 Å². The van der Waals surface area contributed by atoms with Gasteiger partial charge < -0.3 is 4.98 Å². The molecule has 0 saturated carbocycles. The van der Waals surface area contributed by atoms with Crippen molar-refractivity contribution in [1.29, 1.82) is 0 Å². The van der Waals surface area contributed by atoms with Crippen molar-refractivity contribution < 1.29 is 0 Å². The third-order valence-electron chi connectivity index (χ3n) is 6.10. The number of halogens is 1. The minimum atomic E-state index is -0.506. The lowest BCUT2D eigenvalue weighted by molar-refractivity contribution is 0.908. The van der Waals surface area contributed by atoms with Crippen LogP contribution in [0.15, 0.2) is 107 Å². The second-order valence-corrected chi connectivity index (χ2v) is 8.53. The Morgan fingerprint density at radius 2 is 1.60 bits per heavy atom. The molecule has 6 rings (SSSR count). The van der Waals surface area contributed by atoms with Crippen molar-refractivity contribution in [3.05, 3.63) is 123 Å². The standard InChI is InChI=1S/C28H17ClN4O2/c29-23-9-4-8-21(19-13-14-30-31-16-19)26(23)18-11-12-22-24(15-18)32-28(35)33(27(22)34)25-10-3-6-17-5-1-2-7-20(17)25/h1-16H,(H,32,35). The fourth-order valence-corrected chi connectivity index (χ4v) is 4.79. The van der Waals surface area contributed by atoms with Crippen LogP contribution in [0.4, 0.5) is 0 Å². The van der Waals surface area contributed by atoms with Crippen molar-refractivity contribution in [2.75, 3.05) is 0 Å². The van der Waals surface area contributed by atoms with E-state index in [0.717, 1.165) is 33.0 Å². The first-order valence-corrected chi connectivity index (χ1v) is 11.3. The second-order valence-electron chi connectivity index (χ2n) is 8.12. The Labute approximate surface area is 204 Å². The maximum absolute atomic E-state index is 13.5. The second kappa shape index (κ2) is 8.34. The molecule has 2 heterocycles. The van der Waals surface area contributed by atoms with Crippen LogP contribution >= 0.6 is 11.6 Å². The van der Waals surface area contributed by atoms with Crippen molar-refractivity contribution in [2.45, 2.75) is 0 Å². The molecule has 0 fully saturated rings. The van der Waals surface area contributed by atoms with E-state index in [2.05, 4.69) is 15.2 Å². The van der Waals surface area contributed by atoms with E-state index >= 15 is 0 Å². The zero-order valence-electron chi connectivity index (χ0n) is 18.3. The van der Waals surface area contributed by atoms with Gasteiger partial charge in [0.2, 0.25) is 0 Å². The molecule has 0 saturated heterocycles. The van der Waals surface area contributed by atoms with Crippen molar-refractivity contribution >= 4 is 33.3 Å². The molecule has 2 aromatic heterocycles. The van der Waals surface area contributed by atoms with E-state index in [1.807, 2.05) is 60.7 Å². The van der Waals surface area contributed by atoms with E-state index < -0.39 is 5.69 Å². The molecule has 0 radical (unpaired) electrons. The summed E-state index contributed by atoms with van der Waals surface area (Å²) >= 11 is 6.61. The van der Waals surface area contributed by atoms with Crippen LogP contribution in [-0.2, 0) is 0 Å². The summed E-state index contributed by atoms with van der Waals surface area (Å²) in [5.74, 6) is 0. The van der Waals surface area contributed by atoms with Crippen LogP contribution in [0.1, 0.15) is 0 Å². The summed E-state index contributed by atoms with van der Waals surface area (Å²) in [6, 6.07) is 26.0. The minimum Gasteiger partial charge on any atom is -0.306 e. The summed E-state index contributed by atoms with van der Waals surface area (Å²) in [6.45, 7) is 0. The first-order chi connectivity index (χ1) is 17.1.